The third-order valence-electron chi connectivity index (χ3n) is 18.5. The van der Waals surface area contributed by atoms with Gasteiger partial charge in [0.2, 0.25) is 0 Å². The van der Waals surface area contributed by atoms with Crippen molar-refractivity contribution in [1.82, 2.24) is 0 Å². The van der Waals surface area contributed by atoms with Gasteiger partial charge in [0.05, 0.1) is 0 Å². The Kier molecular flexibility index (Phi) is 18.3. The molecule has 0 atom stereocenters. The lowest BCUT2D eigenvalue weighted by molar-refractivity contribution is 0.401. The van der Waals surface area contributed by atoms with Crippen molar-refractivity contribution in [3.05, 3.63) is 214 Å². The van der Waals surface area contributed by atoms with Crippen LogP contribution in [0, 0.1) is 27.7 Å². The Morgan fingerprint density at radius 1 is 0.250 bits per heavy atom. The van der Waals surface area contributed by atoms with Crippen molar-refractivity contribution >= 4 is 34.1 Å². The van der Waals surface area contributed by atoms with Gasteiger partial charge in [0, 0.05) is 45.0 Å². The highest BCUT2D eigenvalue weighted by atomic mass is 15.1. The van der Waals surface area contributed by atoms with Crippen LogP contribution in [-0.2, 0) is 10.8 Å². The summed E-state index contributed by atoms with van der Waals surface area (Å²) in [6.07, 6.45) is 24.8. The van der Waals surface area contributed by atoms with E-state index >= 15 is 0 Å². The largest absolute Gasteiger partial charge is 0.310 e. The summed E-state index contributed by atoms with van der Waals surface area (Å²) in [6, 6.07) is 67.0. The Morgan fingerprint density at radius 2 is 0.487 bits per heavy atom. The molecule has 0 bridgehead atoms. The molecule has 0 spiro atoms. The Bertz CT molecular complexity index is 2960. The van der Waals surface area contributed by atoms with Crippen LogP contribution in [0.5, 0.6) is 0 Å². The van der Waals surface area contributed by atoms with E-state index in [2.05, 4.69) is 235 Å². The molecule has 0 aromatic heterocycles. The Morgan fingerprint density at radius 3 is 0.750 bits per heavy atom. The highest BCUT2D eigenvalue weighted by Gasteiger charge is 2.45. The lowest BCUT2D eigenvalue weighted by Crippen LogP contribution is -2.26. The normalized spacial score (nSPS) is 13.4. The molecular formula is C78H92N2. The van der Waals surface area contributed by atoms with Crippen LogP contribution in [0.25, 0.3) is 33.4 Å². The standard InChI is InChI=1S/C78H92N2/c1-9-13-17-21-49-77(50-22-18-14-10-2)73-53-61(33-45-69(73)71-47-43-67(55-75(71)77)79(63-35-25-57(5)26-36-63)64-37-27-58(6)28-38-64)62-34-46-70-72-48-44-68(80(65-39-29-59(7)30-40-65)66-41-31-60(8)32-42-66)56-76(72)78(74(70)54-62,51-23-19-15-11-3)52-24-20-16-12-4/h25-48,53-56H,9-24,49-52H2,1-8H3. The molecule has 0 fully saturated rings. The van der Waals surface area contributed by atoms with Gasteiger partial charge in [-0.2, -0.15) is 0 Å². The summed E-state index contributed by atoms with van der Waals surface area (Å²) in [7, 11) is 0. The molecule has 0 saturated carbocycles. The van der Waals surface area contributed by atoms with Crippen molar-refractivity contribution in [3.63, 3.8) is 0 Å². The van der Waals surface area contributed by atoms with Crippen molar-refractivity contribution in [2.45, 2.75) is 195 Å². The first kappa shape index (κ1) is 56.6. The number of anilines is 6. The van der Waals surface area contributed by atoms with Gasteiger partial charge in [-0.05, 0) is 194 Å². The predicted molar refractivity (Wildman–Crippen MR) is 348 cm³/mol. The number of benzene rings is 8. The van der Waals surface area contributed by atoms with Gasteiger partial charge in [-0.3, -0.25) is 0 Å². The van der Waals surface area contributed by atoms with Crippen LogP contribution in [0.2, 0.25) is 0 Å². The Balaban J connectivity index is 1.12. The lowest BCUT2D eigenvalue weighted by atomic mass is 9.69. The molecule has 8 aromatic rings. The molecule has 2 heteroatoms. The first-order chi connectivity index (χ1) is 39.1. The van der Waals surface area contributed by atoms with Crippen molar-refractivity contribution in [2.24, 2.45) is 0 Å². The van der Waals surface area contributed by atoms with Crippen molar-refractivity contribution in [2.75, 3.05) is 9.80 Å². The van der Waals surface area contributed by atoms with Crippen LogP contribution < -0.4 is 9.80 Å². The smallest absolute Gasteiger partial charge is 0.0465 e. The van der Waals surface area contributed by atoms with E-state index in [0.717, 1.165) is 0 Å². The summed E-state index contributed by atoms with van der Waals surface area (Å²) in [5.41, 5.74) is 26.9. The van der Waals surface area contributed by atoms with Crippen LogP contribution in [0.4, 0.5) is 34.1 Å². The monoisotopic (exact) mass is 1060 g/mol. The summed E-state index contributed by atoms with van der Waals surface area (Å²) < 4.78 is 0. The molecule has 80 heavy (non-hydrogen) atoms. The molecule has 414 valence electrons. The average Bonchev–Trinajstić information content (AvgIpc) is 4.12. The zero-order valence-corrected chi connectivity index (χ0v) is 50.2. The molecule has 8 aromatic carbocycles. The maximum atomic E-state index is 2.69. The van der Waals surface area contributed by atoms with E-state index in [-0.39, 0.29) is 10.8 Å². The predicted octanol–water partition coefficient (Wildman–Crippen LogP) is 23.9. The van der Waals surface area contributed by atoms with Crippen LogP contribution in [0.3, 0.4) is 0 Å². The minimum Gasteiger partial charge on any atom is -0.310 e. The van der Waals surface area contributed by atoms with Gasteiger partial charge >= 0.3 is 0 Å². The third-order valence-corrected chi connectivity index (χ3v) is 18.5. The molecule has 10 rings (SSSR count). The average molecular weight is 1060 g/mol. The molecule has 0 aliphatic heterocycles. The van der Waals surface area contributed by atoms with Crippen molar-refractivity contribution in [1.29, 1.82) is 0 Å². The summed E-state index contributed by atoms with van der Waals surface area (Å²) in [6.45, 7) is 18.2. The number of rotatable bonds is 27. The molecule has 0 radical (unpaired) electrons. The highest BCUT2D eigenvalue weighted by Crippen LogP contribution is 2.59. The van der Waals surface area contributed by atoms with Gasteiger partial charge in [-0.25, -0.2) is 0 Å². The topological polar surface area (TPSA) is 6.48 Å². The number of nitrogens with zero attached hydrogens (tertiary/aromatic N) is 2. The third kappa shape index (κ3) is 11.8. The van der Waals surface area contributed by atoms with E-state index in [9.17, 15) is 0 Å². The Hall–Kier alpha value is -6.64. The number of unbranched alkanes of at least 4 members (excludes halogenated alkanes) is 12. The Labute approximate surface area is 483 Å². The maximum Gasteiger partial charge on any atom is 0.0465 e. The summed E-state index contributed by atoms with van der Waals surface area (Å²) in [4.78, 5) is 4.99. The maximum absolute atomic E-state index is 2.69. The highest BCUT2D eigenvalue weighted by molar-refractivity contribution is 5.90. The zero-order valence-electron chi connectivity index (χ0n) is 50.2. The van der Waals surface area contributed by atoms with Crippen LogP contribution in [0.15, 0.2) is 170 Å². The molecule has 0 saturated heterocycles. The second-order valence-electron chi connectivity index (χ2n) is 24.4. The minimum atomic E-state index is -0.0865. The quantitative estimate of drug-likeness (QED) is 0.0474. The van der Waals surface area contributed by atoms with Gasteiger partial charge in [0.25, 0.3) is 0 Å². The molecule has 2 aliphatic rings. The summed E-state index contributed by atoms with van der Waals surface area (Å²) in [5, 5.41) is 0. The molecular weight excluding hydrogens is 965 g/mol. The van der Waals surface area contributed by atoms with E-state index in [4.69, 9.17) is 0 Å². The number of aryl methyl sites for hydroxylation is 4. The van der Waals surface area contributed by atoms with Gasteiger partial charge < -0.3 is 9.80 Å². The lowest BCUT2D eigenvalue weighted by Gasteiger charge is -2.35. The fourth-order valence-corrected chi connectivity index (χ4v) is 14.0. The fraction of sp³-hybridized carbons (Fsp3) is 0.385. The van der Waals surface area contributed by atoms with Gasteiger partial charge in [0.1, 0.15) is 0 Å². The van der Waals surface area contributed by atoms with Gasteiger partial charge in [-0.1, -0.05) is 238 Å². The van der Waals surface area contributed by atoms with Crippen LogP contribution in [-0.4, -0.2) is 0 Å². The van der Waals surface area contributed by atoms with Crippen molar-refractivity contribution in [3.8, 4) is 33.4 Å². The zero-order chi connectivity index (χ0) is 55.6. The summed E-state index contributed by atoms with van der Waals surface area (Å²) in [5.74, 6) is 0. The van der Waals surface area contributed by atoms with Gasteiger partial charge in [-0.15, -0.1) is 0 Å². The van der Waals surface area contributed by atoms with Gasteiger partial charge in [0.15, 0.2) is 0 Å². The van der Waals surface area contributed by atoms with Crippen molar-refractivity contribution < 1.29 is 0 Å². The first-order valence-corrected chi connectivity index (χ1v) is 31.6. The minimum absolute atomic E-state index is 0.0865. The molecule has 0 N–H and O–H groups in total. The van der Waals surface area contributed by atoms with E-state index in [0.29, 0.717) is 0 Å². The second kappa shape index (κ2) is 25.9. The molecule has 0 unspecified atom stereocenters. The molecule has 2 aliphatic carbocycles. The second-order valence-corrected chi connectivity index (χ2v) is 24.4. The van der Waals surface area contributed by atoms with E-state index in [1.807, 2.05) is 0 Å². The molecule has 0 heterocycles. The molecule has 2 nitrogen and oxygen atoms in total. The van der Waals surface area contributed by atoms with E-state index in [1.165, 1.54) is 229 Å². The SMILES string of the molecule is CCCCCCC1(CCCCCC)c2cc(-c3ccc4c(c3)C(CCCCCC)(CCCCCC)c3cc(N(c5ccc(C)cc5)c5ccc(C)cc5)ccc3-4)ccc2-c2ccc(N(c3ccc(C)cc3)c3ccc(C)cc3)cc21. The van der Waals surface area contributed by atoms with Crippen LogP contribution >= 0.6 is 0 Å². The van der Waals surface area contributed by atoms with E-state index in [1.54, 1.807) is 11.1 Å². The number of hydrogen-bond acceptors (Lipinski definition) is 2. The fourth-order valence-electron chi connectivity index (χ4n) is 14.0. The summed E-state index contributed by atoms with van der Waals surface area (Å²) >= 11 is 0. The first-order valence-electron chi connectivity index (χ1n) is 31.6. The number of hydrogen-bond donors (Lipinski definition) is 0. The van der Waals surface area contributed by atoms with E-state index < -0.39 is 0 Å². The van der Waals surface area contributed by atoms with Crippen LogP contribution in [0.1, 0.15) is 201 Å². The molecule has 0 amide bonds. The number of fused-ring (bicyclic) bond motifs is 6.